The van der Waals surface area contributed by atoms with Crippen LogP contribution in [0.5, 0.6) is 5.75 Å². The Hall–Kier alpha value is -2.76. The van der Waals surface area contributed by atoms with Crippen molar-refractivity contribution in [2.45, 2.75) is 13.8 Å². The number of hydrogen-bond donors (Lipinski definition) is 1. The number of amides is 1. The molecule has 1 aromatic heterocycles. The van der Waals surface area contributed by atoms with Crippen LogP contribution in [-0.4, -0.2) is 18.7 Å². The number of nitrogens with zero attached hydrogens (tertiary/aromatic N) is 1. The molecular formula is C21H18Cl2N2O3. The van der Waals surface area contributed by atoms with Gasteiger partial charge in [0.05, 0.1) is 6.21 Å². The van der Waals surface area contributed by atoms with E-state index in [1.807, 2.05) is 38.1 Å². The van der Waals surface area contributed by atoms with Crippen LogP contribution in [0.15, 0.2) is 58.0 Å². The Kier molecular flexibility index (Phi) is 6.39. The maximum atomic E-state index is 11.8. The standard InChI is InChI=1S/C21H18Cl2N2O3/c1-13-3-4-15(10-19(13)23)20-8-6-17(28-20)11-24-25-21(26)12-27-16-5-7-18(22)14(2)9-16/h3-11H,12H2,1-2H3,(H,25,26)/b24-11-. The molecule has 1 heterocycles. The zero-order chi connectivity index (χ0) is 20.1. The minimum atomic E-state index is -0.388. The topological polar surface area (TPSA) is 63.8 Å². The van der Waals surface area contributed by atoms with Crippen LogP contribution in [0.2, 0.25) is 10.0 Å². The van der Waals surface area contributed by atoms with Crippen molar-refractivity contribution in [2.75, 3.05) is 6.61 Å². The number of benzene rings is 2. The van der Waals surface area contributed by atoms with E-state index < -0.39 is 0 Å². The normalized spacial score (nSPS) is 11.0. The van der Waals surface area contributed by atoms with Crippen molar-refractivity contribution in [1.29, 1.82) is 0 Å². The lowest BCUT2D eigenvalue weighted by molar-refractivity contribution is -0.123. The maximum absolute atomic E-state index is 11.8. The summed E-state index contributed by atoms with van der Waals surface area (Å²) in [5.74, 6) is 1.34. The minimum Gasteiger partial charge on any atom is -0.484 e. The quantitative estimate of drug-likeness (QED) is 0.432. The van der Waals surface area contributed by atoms with Gasteiger partial charge in [-0.15, -0.1) is 0 Å². The van der Waals surface area contributed by atoms with Crippen molar-refractivity contribution in [3.63, 3.8) is 0 Å². The second-order valence-corrected chi connectivity index (χ2v) is 6.97. The molecule has 144 valence electrons. The van der Waals surface area contributed by atoms with Crippen molar-refractivity contribution in [2.24, 2.45) is 5.10 Å². The molecule has 0 saturated heterocycles. The first kappa shape index (κ1) is 20.0. The van der Waals surface area contributed by atoms with E-state index in [0.29, 0.717) is 27.3 Å². The molecule has 3 rings (SSSR count). The molecule has 0 bridgehead atoms. The van der Waals surface area contributed by atoms with Crippen molar-refractivity contribution < 1.29 is 13.9 Å². The van der Waals surface area contributed by atoms with Gasteiger partial charge in [0, 0.05) is 15.6 Å². The first-order valence-corrected chi connectivity index (χ1v) is 9.25. The molecule has 2 aromatic carbocycles. The molecule has 0 radical (unpaired) electrons. The molecule has 1 N–H and O–H groups in total. The van der Waals surface area contributed by atoms with E-state index in [-0.39, 0.29) is 12.5 Å². The van der Waals surface area contributed by atoms with Crippen LogP contribution in [0.3, 0.4) is 0 Å². The van der Waals surface area contributed by atoms with Crippen LogP contribution in [0.1, 0.15) is 16.9 Å². The highest BCUT2D eigenvalue weighted by atomic mass is 35.5. The Morgan fingerprint density at radius 3 is 2.64 bits per heavy atom. The molecule has 7 heteroatoms. The third kappa shape index (κ3) is 5.15. The average Bonchev–Trinajstić information content (AvgIpc) is 3.14. The molecule has 0 spiro atoms. The summed E-state index contributed by atoms with van der Waals surface area (Å²) in [4.78, 5) is 11.8. The summed E-state index contributed by atoms with van der Waals surface area (Å²) in [5.41, 5.74) is 5.13. The largest absolute Gasteiger partial charge is 0.484 e. The van der Waals surface area contributed by atoms with E-state index in [2.05, 4.69) is 10.5 Å². The number of halogens is 2. The van der Waals surface area contributed by atoms with Crippen molar-refractivity contribution in [1.82, 2.24) is 5.43 Å². The van der Waals surface area contributed by atoms with Crippen molar-refractivity contribution in [3.05, 3.63) is 75.5 Å². The predicted octanol–water partition coefficient (Wildman–Crippen LogP) is 5.40. The highest BCUT2D eigenvalue weighted by Gasteiger charge is 2.06. The molecule has 5 nitrogen and oxygen atoms in total. The van der Waals surface area contributed by atoms with Gasteiger partial charge in [-0.05, 0) is 61.4 Å². The lowest BCUT2D eigenvalue weighted by Gasteiger charge is -2.06. The smallest absolute Gasteiger partial charge is 0.277 e. The number of carbonyl (C=O) groups is 1. The number of ether oxygens (including phenoxy) is 1. The molecule has 0 unspecified atom stereocenters. The number of hydrogen-bond acceptors (Lipinski definition) is 4. The van der Waals surface area contributed by atoms with Gasteiger partial charge in [0.1, 0.15) is 17.3 Å². The highest BCUT2D eigenvalue weighted by molar-refractivity contribution is 6.31. The van der Waals surface area contributed by atoms with Crippen molar-refractivity contribution in [3.8, 4) is 17.1 Å². The third-order valence-electron chi connectivity index (χ3n) is 3.96. The summed E-state index contributed by atoms with van der Waals surface area (Å²) >= 11 is 12.1. The van der Waals surface area contributed by atoms with Crippen LogP contribution in [0.4, 0.5) is 0 Å². The first-order valence-electron chi connectivity index (χ1n) is 8.49. The SMILES string of the molecule is Cc1cc(OCC(=O)N/N=C\c2ccc(-c3ccc(C)c(Cl)c3)o2)ccc1Cl. The Balaban J connectivity index is 1.53. The van der Waals surface area contributed by atoms with Gasteiger partial charge >= 0.3 is 0 Å². The summed E-state index contributed by atoms with van der Waals surface area (Å²) in [6, 6.07) is 14.5. The van der Waals surface area contributed by atoms with Crippen LogP contribution < -0.4 is 10.2 Å². The van der Waals surface area contributed by atoms with Gasteiger partial charge in [0.25, 0.3) is 5.91 Å². The van der Waals surface area contributed by atoms with Gasteiger partial charge < -0.3 is 9.15 Å². The highest BCUT2D eigenvalue weighted by Crippen LogP contribution is 2.26. The summed E-state index contributed by atoms with van der Waals surface area (Å²) < 4.78 is 11.1. The summed E-state index contributed by atoms with van der Waals surface area (Å²) in [5, 5.41) is 5.20. The fourth-order valence-electron chi connectivity index (χ4n) is 2.38. The Labute approximate surface area is 172 Å². The zero-order valence-electron chi connectivity index (χ0n) is 15.3. The number of nitrogens with one attached hydrogen (secondary N) is 1. The Morgan fingerprint density at radius 1 is 1.07 bits per heavy atom. The molecule has 0 aliphatic rings. The van der Waals surface area contributed by atoms with E-state index in [9.17, 15) is 4.79 Å². The number of rotatable bonds is 6. The minimum absolute atomic E-state index is 0.163. The monoisotopic (exact) mass is 416 g/mol. The molecule has 0 saturated carbocycles. The van der Waals surface area contributed by atoms with Crippen LogP contribution in [-0.2, 0) is 4.79 Å². The first-order chi connectivity index (χ1) is 13.4. The number of carbonyl (C=O) groups excluding carboxylic acids is 1. The molecule has 0 aliphatic heterocycles. The van der Waals surface area contributed by atoms with Crippen LogP contribution in [0, 0.1) is 13.8 Å². The molecule has 3 aromatic rings. The molecule has 0 fully saturated rings. The molecule has 1 amide bonds. The van der Waals surface area contributed by atoms with Gasteiger partial charge in [0.15, 0.2) is 6.61 Å². The van der Waals surface area contributed by atoms with Gasteiger partial charge in [-0.1, -0.05) is 35.3 Å². The zero-order valence-corrected chi connectivity index (χ0v) is 16.8. The van der Waals surface area contributed by atoms with E-state index in [4.69, 9.17) is 32.4 Å². The summed E-state index contributed by atoms with van der Waals surface area (Å²) in [6.07, 6.45) is 1.42. The number of aryl methyl sites for hydroxylation is 2. The number of hydrazone groups is 1. The predicted molar refractivity (Wildman–Crippen MR) is 111 cm³/mol. The Morgan fingerprint density at radius 2 is 1.89 bits per heavy atom. The molecule has 28 heavy (non-hydrogen) atoms. The summed E-state index contributed by atoms with van der Waals surface area (Å²) in [6.45, 7) is 3.64. The molecule has 0 atom stereocenters. The van der Waals surface area contributed by atoms with Gasteiger partial charge in [0.2, 0.25) is 0 Å². The van der Waals surface area contributed by atoms with E-state index >= 15 is 0 Å². The molecular weight excluding hydrogens is 399 g/mol. The average molecular weight is 417 g/mol. The lowest BCUT2D eigenvalue weighted by Crippen LogP contribution is -2.24. The third-order valence-corrected chi connectivity index (χ3v) is 4.79. The van der Waals surface area contributed by atoms with E-state index in [1.165, 1.54) is 6.21 Å². The fourth-order valence-corrected chi connectivity index (χ4v) is 2.68. The lowest BCUT2D eigenvalue weighted by atomic mass is 10.1. The Bertz CT molecular complexity index is 1030. The van der Waals surface area contributed by atoms with E-state index in [0.717, 1.165) is 16.7 Å². The van der Waals surface area contributed by atoms with Crippen LogP contribution in [0.25, 0.3) is 11.3 Å². The second-order valence-electron chi connectivity index (χ2n) is 6.16. The number of furan rings is 1. The van der Waals surface area contributed by atoms with Crippen LogP contribution >= 0.6 is 23.2 Å². The summed E-state index contributed by atoms with van der Waals surface area (Å²) in [7, 11) is 0. The second kappa shape index (κ2) is 8.95. The van der Waals surface area contributed by atoms with Gasteiger partial charge in [-0.2, -0.15) is 5.10 Å². The van der Waals surface area contributed by atoms with Gasteiger partial charge in [-0.3, -0.25) is 4.79 Å². The van der Waals surface area contributed by atoms with Gasteiger partial charge in [-0.25, -0.2) is 5.43 Å². The van der Waals surface area contributed by atoms with Crippen molar-refractivity contribution >= 4 is 35.3 Å². The molecule has 0 aliphatic carbocycles. The maximum Gasteiger partial charge on any atom is 0.277 e. The fraction of sp³-hybridized carbons (Fsp3) is 0.143. The van der Waals surface area contributed by atoms with E-state index in [1.54, 1.807) is 24.3 Å².